The molecule has 136 valence electrons. The van der Waals surface area contributed by atoms with Gasteiger partial charge in [-0.3, -0.25) is 0 Å². The number of rotatable bonds is 4. The van der Waals surface area contributed by atoms with Crippen LogP contribution in [0.3, 0.4) is 0 Å². The van der Waals surface area contributed by atoms with E-state index in [-0.39, 0.29) is 5.41 Å². The van der Waals surface area contributed by atoms with Crippen LogP contribution in [-0.4, -0.2) is 28.7 Å². The number of aliphatic imine (C=N–C) groups is 1. The summed E-state index contributed by atoms with van der Waals surface area (Å²) in [5.41, 5.74) is -0.133. The van der Waals surface area contributed by atoms with E-state index in [9.17, 15) is 0 Å². The van der Waals surface area contributed by atoms with E-state index in [1.54, 1.807) is 0 Å². The molecule has 0 saturated heterocycles. The van der Waals surface area contributed by atoms with Gasteiger partial charge in [0.1, 0.15) is 6.54 Å². The molecule has 1 heterocycles. The van der Waals surface area contributed by atoms with Crippen molar-refractivity contribution in [1.82, 2.24) is 20.8 Å². The lowest BCUT2D eigenvalue weighted by Crippen LogP contribution is -2.46. The molecule has 1 fully saturated rings. The molecule has 0 radical (unpaired) electrons. The Morgan fingerprint density at radius 1 is 1.21 bits per heavy atom. The van der Waals surface area contributed by atoms with Gasteiger partial charge in [0.15, 0.2) is 11.8 Å². The van der Waals surface area contributed by atoms with Crippen molar-refractivity contribution in [2.24, 2.45) is 16.8 Å². The molecule has 0 spiro atoms. The average molecular weight is 335 g/mol. The molecule has 2 rings (SSSR count). The third-order valence-electron chi connectivity index (χ3n) is 4.35. The number of nitrogens with zero attached hydrogens (tertiary/aromatic N) is 3. The van der Waals surface area contributed by atoms with Crippen molar-refractivity contribution in [1.29, 1.82) is 0 Å². The van der Waals surface area contributed by atoms with E-state index in [4.69, 9.17) is 4.52 Å². The number of guanidine groups is 1. The Morgan fingerprint density at radius 3 is 2.42 bits per heavy atom. The lowest BCUT2D eigenvalue weighted by Gasteiger charge is -2.32. The van der Waals surface area contributed by atoms with Crippen LogP contribution in [0.2, 0.25) is 0 Å². The summed E-state index contributed by atoms with van der Waals surface area (Å²) in [7, 11) is 0. The van der Waals surface area contributed by atoms with Crippen molar-refractivity contribution in [3.8, 4) is 0 Å². The maximum atomic E-state index is 5.33. The van der Waals surface area contributed by atoms with Crippen molar-refractivity contribution in [3.63, 3.8) is 0 Å². The molecule has 2 atom stereocenters. The van der Waals surface area contributed by atoms with Gasteiger partial charge in [0.05, 0.1) is 0 Å². The van der Waals surface area contributed by atoms with E-state index in [2.05, 4.69) is 67.3 Å². The van der Waals surface area contributed by atoms with Crippen LogP contribution in [0.4, 0.5) is 0 Å². The minimum atomic E-state index is -0.133. The SMILES string of the molecule is CCNC(=NCc1noc(C(C)(C)C)n1)NC1CC(C)CC(C)C1. The monoisotopic (exact) mass is 335 g/mol. The molecule has 2 unspecified atom stereocenters. The van der Waals surface area contributed by atoms with Gasteiger partial charge in [-0.1, -0.05) is 39.8 Å². The highest BCUT2D eigenvalue weighted by Crippen LogP contribution is 2.28. The molecule has 6 nitrogen and oxygen atoms in total. The second-order valence-corrected chi connectivity index (χ2v) is 8.22. The largest absolute Gasteiger partial charge is 0.357 e. The summed E-state index contributed by atoms with van der Waals surface area (Å²) >= 11 is 0. The maximum Gasteiger partial charge on any atom is 0.232 e. The van der Waals surface area contributed by atoms with Gasteiger partial charge in [-0.05, 0) is 38.0 Å². The van der Waals surface area contributed by atoms with E-state index >= 15 is 0 Å². The Balaban J connectivity index is 1.98. The van der Waals surface area contributed by atoms with Crippen LogP contribution in [0.15, 0.2) is 9.52 Å². The first-order chi connectivity index (χ1) is 11.3. The third-order valence-corrected chi connectivity index (χ3v) is 4.35. The fraction of sp³-hybridized carbons (Fsp3) is 0.833. The normalized spacial score (nSPS) is 25.6. The molecule has 1 aromatic rings. The lowest BCUT2D eigenvalue weighted by molar-refractivity contribution is 0.255. The lowest BCUT2D eigenvalue weighted by atomic mass is 9.80. The Morgan fingerprint density at radius 2 is 1.88 bits per heavy atom. The molecular formula is C18H33N5O. The standard InChI is InChI=1S/C18H33N5O/c1-7-19-17(21-14-9-12(2)8-13(3)10-14)20-11-15-22-16(24-23-15)18(4,5)6/h12-14H,7-11H2,1-6H3,(H2,19,20,21). The summed E-state index contributed by atoms with van der Waals surface area (Å²) in [6.45, 7) is 14.2. The second kappa shape index (κ2) is 7.99. The van der Waals surface area contributed by atoms with Crippen molar-refractivity contribution in [2.45, 2.75) is 78.8 Å². The van der Waals surface area contributed by atoms with Crippen LogP contribution < -0.4 is 10.6 Å². The van der Waals surface area contributed by atoms with Crippen LogP contribution in [0, 0.1) is 11.8 Å². The first-order valence-electron chi connectivity index (χ1n) is 9.15. The van der Waals surface area contributed by atoms with E-state index in [0.717, 1.165) is 24.3 Å². The van der Waals surface area contributed by atoms with Gasteiger partial charge in [-0.15, -0.1) is 0 Å². The zero-order valence-corrected chi connectivity index (χ0v) is 16.0. The molecule has 1 saturated carbocycles. The quantitative estimate of drug-likeness (QED) is 0.652. The van der Waals surface area contributed by atoms with E-state index in [1.165, 1.54) is 19.3 Å². The number of nitrogens with one attached hydrogen (secondary N) is 2. The molecule has 1 aliphatic rings. The molecule has 0 aromatic carbocycles. The molecule has 0 bridgehead atoms. The fourth-order valence-corrected chi connectivity index (χ4v) is 3.35. The number of hydrogen-bond donors (Lipinski definition) is 2. The minimum Gasteiger partial charge on any atom is -0.357 e. The van der Waals surface area contributed by atoms with Gasteiger partial charge in [0, 0.05) is 18.0 Å². The molecule has 0 aliphatic heterocycles. The van der Waals surface area contributed by atoms with E-state index < -0.39 is 0 Å². The minimum absolute atomic E-state index is 0.133. The van der Waals surface area contributed by atoms with Gasteiger partial charge < -0.3 is 15.2 Å². The predicted octanol–water partition coefficient (Wildman–Crippen LogP) is 3.25. The maximum absolute atomic E-state index is 5.33. The van der Waals surface area contributed by atoms with Crippen molar-refractivity contribution < 1.29 is 4.52 Å². The van der Waals surface area contributed by atoms with Gasteiger partial charge in [0.25, 0.3) is 0 Å². The first-order valence-corrected chi connectivity index (χ1v) is 9.15. The summed E-state index contributed by atoms with van der Waals surface area (Å²) in [6.07, 6.45) is 3.72. The van der Waals surface area contributed by atoms with Crippen LogP contribution in [0.5, 0.6) is 0 Å². The van der Waals surface area contributed by atoms with Crippen molar-refractivity contribution in [3.05, 3.63) is 11.7 Å². The Bertz CT molecular complexity index is 536. The average Bonchev–Trinajstić information content (AvgIpc) is 2.93. The summed E-state index contributed by atoms with van der Waals surface area (Å²) in [4.78, 5) is 9.08. The number of hydrogen-bond acceptors (Lipinski definition) is 4. The van der Waals surface area contributed by atoms with Crippen LogP contribution >= 0.6 is 0 Å². The van der Waals surface area contributed by atoms with Crippen molar-refractivity contribution in [2.75, 3.05) is 6.54 Å². The smallest absolute Gasteiger partial charge is 0.232 e. The highest BCUT2D eigenvalue weighted by Gasteiger charge is 2.25. The predicted molar refractivity (Wildman–Crippen MR) is 96.9 cm³/mol. The van der Waals surface area contributed by atoms with E-state index in [0.29, 0.717) is 24.3 Å². The van der Waals surface area contributed by atoms with Gasteiger partial charge >= 0.3 is 0 Å². The molecule has 2 N–H and O–H groups in total. The Kier molecular flexibility index (Phi) is 6.24. The van der Waals surface area contributed by atoms with Crippen LogP contribution in [0.25, 0.3) is 0 Å². The van der Waals surface area contributed by atoms with Crippen molar-refractivity contribution >= 4 is 5.96 Å². The topological polar surface area (TPSA) is 75.3 Å². The van der Waals surface area contributed by atoms with Crippen LogP contribution in [-0.2, 0) is 12.0 Å². The molecule has 24 heavy (non-hydrogen) atoms. The number of aromatic nitrogens is 2. The van der Waals surface area contributed by atoms with Gasteiger partial charge in [0.2, 0.25) is 5.89 Å². The van der Waals surface area contributed by atoms with Gasteiger partial charge in [-0.2, -0.15) is 4.98 Å². The summed E-state index contributed by atoms with van der Waals surface area (Å²) in [5, 5.41) is 10.9. The fourth-order valence-electron chi connectivity index (χ4n) is 3.35. The third kappa shape index (κ3) is 5.49. The zero-order valence-electron chi connectivity index (χ0n) is 16.0. The van der Waals surface area contributed by atoms with Crippen LogP contribution in [0.1, 0.15) is 72.5 Å². The highest BCUT2D eigenvalue weighted by molar-refractivity contribution is 5.80. The summed E-state index contributed by atoms with van der Waals surface area (Å²) < 4.78 is 5.33. The molecule has 0 amide bonds. The summed E-state index contributed by atoms with van der Waals surface area (Å²) in [6, 6.07) is 0.483. The Hall–Kier alpha value is -1.59. The molecule has 6 heteroatoms. The first kappa shape index (κ1) is 18.7. The molecular weight excluding hydrogens is 302 g/mol. The second-order valence-electron chi connectivity index (χ2n) is 8.22. The van der Waals surface area contributed by atoms with Gasteiger partial charge in [-0.25, -0.2) is 4.99 Å². The zero-order chi connectivity index (χ0) is 17.7. The summed E-state index contributed by atoms with van der Waals surface area (Å²) in [5.74, 6) is 3.65. The Labute approximate surface area is 145 Å². The van der Waals surface area contributed by atoms with E-state index in [1.807, 2.05) is 0 Å². The molecule has 1 aromatic heterocycles. The molecule has 1 aliphatic carbocycles. The highest BCUT2D eigenvalue weighted by atomic mass is 16.5.